The Morgan fingerprint density at radius 1 is 1.42 bits per heavy atom. The van der Waals surface area contributed by atoms with Crippen LogP contribution >= 0.6 is 0 Å². The number of carboxylic acids is 1. The zero-order chi connectivity index (χ0) is 8.97. The van der Waals surface area contributed by atoms with Crippen molar-refractivity contribution in [3.8, 4) is 5.75 Å². The summed E-state index contributed by atoms with van der Waals surface area (Å²) in [5.41, 5.74) is 0.165. The van der Waals surface area contributed by atoms with E-state index >= 15 is 0 Å². The Morgan fingerprint density at radius 3 is 2.42 bits per heavy atom. The van der Waals surface area contributed by atoms with Gasteiger partial charge >= 0.3 is 0 Å². The molecule has 12 heavy (non-hydrogen) atoms. The van der Waals surface area contributed by atoms with Gasteiger partial charge in [-0.2, -0.15) is 0 Å². The third kappa shape index (κ3) is 1.99. The number of ether oxygens (including phenoxy) is 1. The summed E-state index contributed by atoms with van der Waals surface area (Å²) in [5.74, 6) is -0.499. The lowest BCUT2D eigenvalue weighted by atomic mass is 10.2. The minimum absolute atomic E-state index is 0.165. The first-order valence-corrected chi connectivity index (χ1v) is 3.68. The summed E-state index contributed by atoms with van der Waals surface area (Å²) in [5, 5.41) is 10.3. The number of carbonyl (C=O) groups excluding carboxylic acids is 1. The summed E-state index contributed by atoms with van der Waals surface area (Å²) >= 11 is 0. The smallest absolute Gasteiger partial charge is 0.119 e. The number of aromatic carboxylic acids is 1. The lowest BCUT2D eigenvalue weighted by Gasteiger charge is -2.04. The summed E-state index contributed by atoms with van der Waals surface area (Å²) in [4.78, 5) is 10.3. The maximum absolute atomic E-state index is 10.3. The standard InChI is InChI=1S/C9H10O3/c1-2-12-8-5-3-7(4-6-8)9(10)11/h3-6H,2H2,1H3,(H,10,11)/p-1. The molecule has 0 amide bonds. The second-order valence-corrected chi connectivity index (χ2v) is 2.24. The van der Waals surface area contributed by atoms with Crippen LogP contribution in [0.2, 0.25) is 0 Å². The molecule has 0 aliphatic heterocycles. The van der Waals surface area contributed by atoms with E-state index in [1.807, 2.05) is 6.92 Å². The molecule has 0 fully saturated rings. The van der Waals surface area contributed by atoms with E-state index in [1.165, 1.54) is 12.1 Å². The van der Waals surface area contributed by atoms with Crippen LogP contribution in [0.4, 0.5) is 0 Å². The van der Waals surface area contributed by atoms with Gasteiger partial charge in [-0.25, -0.2) is 0 Å². The van der Waals surface area contributed by atoms with Crippen LogP contribution in [0.5, 0.6) is 5.75 Å². The van der Waals surface area contributed by atoms with Gasteiger partial charge in [-0.1, -0.05) is 0 Å². The monoisotopic (exact) mass is 165 g/mol. The first-order valence-electron chi connectivity index (χ1n) is 3.68. The molecule has 3 heteroatoms. The molecule has 1 aromatic rings. The lowest BCUT2D eigenvalue weighted by molar-refractivity contribution is -0.255. The third-order valence-electron chi connectivity index (χ3n) is 1.40. The van der Waals surface area contributed by atoms with Crippen LogP contribution in [-0.4, -0.2) is 12.6 Å². The third-order valence-corrected chi connectivity index (χ3v) is 1.40. The number of benzene rings is 1. The van der Waals surface area contributed by atoms with Crippen LogP contribution in [0, 0.1) is 0 Å². The molecule has 0 aliphatic rings. The van der Waals surface area contributed by atoms with Crippen molar-refractivity contribution >= 4 is 5.97 Å². The predicted octanol–water partition coefficient (Wildman–Crippen LogP) is 0.449. The molecule has 0 saturated heterocycles. The van der Waals surface area contributed by atoms with Crippen molar-refractivity contribution in [3.63, 3.8) is 0 Å². The predicted molar refractivity (Wildman–Crippen MR) is 41.9 cm³/mol. The van der Waals surface area contributed by atoms with E-state index in [4.69, 9.17) is 4.74 Å². The Morgan fingerprint density at radius 2 is 2.00 bits per heavy atom. The van der Waals surface area contributed by atoms with Gasteiger partial charge in [0.1, 0.15) is 5.75 Å². The Bertz CT molecular complexity index is 264. The van der Waals surface area contributed by atoms with Crippen molar-refractivity contribution in [1.29, 1.82) is 0 Å². The Labute approximate surface area is 70.6 Å². The van der Waals surface area contributed by atoms with Crippen LogP contribution in [0.25, 0.3) is 0 Å². The van der Waals surface area contributed by atoms with Gasteiger partial charge in [0.25, 0.3) is 0 Å². The Balaban J connectivity index is 2.78. The van der Waals surface area contributed by atoms with Crippen molar-refractivity contribution in [3.05, 3.63) is 29.8 Å². The second kappa shape index (κ2) is 3.76. The normalized spacial score (nSPS) is 9.42. The molecule has 1 aromatic carbocycles. The van der Waals surface area contributed by atoms with Gasteiger partial charge in [0.2, 0.25) is 0 Å². The minimum Gasteiger partial charge on any atom is -0.545 e. The zero-order valence-electron chi connectivity index (χ0n) is 6.74. The van der Waals surface area contributed by atoms with Crippen LogP contribution < -0.4 is 9.84 Å². The molecule has 0 N–H and O–H groups in total. The highest BCUT2D eigenvalue weighted by Crippen LogP contribution is 2.11. The maximum atomic E-state index is 10.3. The Kier molecular flexibility index (Phi) is 2.69. The number of carboxylic acid groups (broad SMARTS) is 1. The quantitative estimate of drug-likeness (QED) is 0.653. The molecule has 0 spiro atoms. The fourth-order valence-electron chi connectivity index (χ4n) is 0.854. The molecule has 1 rings (SSSR count). The van der Waals surface area contributed by atoms with Crippen molar-refractivity contribution in [2.24, 2.45) is 0 Å². The van der Waals surface area contributed by atoms with Gasteiger partial charge < -0.3 is 14.6 Å². The number of carbonyl (C=O) groups is 1. The topological polar surface area (TPSA) is 49.4 Å². The SMILES string of the molecule is CCOc1ccc(C(=O)[O-])cc1. The molecule has 3 nitrogen and oxygen atoms in total. The van der Waals surface area contributed by atoms with Gasteiger partial charge in [0.15, 0.2) is 0 Å². The summed E-state index contributed by atoms with van der Waals surface area (Å²) < 4.78 is 5.13. The van der Waals surface area contributed by atoms with E-state index in [0.29, 0.717) is 12.4 Å². The molecular formula is C9H9O3-. The summed E-state index contributed by atoms with van der Waals surface area (Å²) in [6.07, 6.45) is 0. The highest BCUT2D eigenvalue weighted by atomic mass is 16.5. The van der Waals surface area contributed by atoms with E-state index in [-0.39, 0.29) is 5.56 Å². The van der Waals surface area contributed by atoms with E-state index < -0.39 is 5.97 Å². The Hall–Kier alpha value is -1.51. The maximum Gasteiger partial charge on any atom is 0.119 e. The average molecular weight is 165 g/mol. The average Bonchev–Trinajstić information content (AvgIpc) is 2.06. The molecule has 0 saturated carbocycles. The van der Waals surface area contributed by atoms with Gasteiger partial charge in [-0.15, -0.1) is 0 Å². The van der Waals surface area contributed by atoms with Crippen molar-refractivity contribution < 1.29 is 14.6 Å². The zero-order valence-corrected chi connectivity index (χ0v) is 6.74. The van der Waals surface area contributed by atoms with E-state index in [2.05, 4.69) is 0 Å². The first kappa shape index (κ1) is 8.59. The van der Waals surface area contributed by atoms with E-state index in [0.717, 1.165) is 0 Å². The molecule has 0 atom stereocenters. The van der Waals surface area contributed by atoms with Crippen LogP contribution in [-0.2, 0) is 0 Å². The summed E-state index contributed by atoms with van der Waals surface area (Å²) in [6, 6.07) is 6.13. The molecule has 64 valence electrons. The number of rotatable bonds is 3. The number of hydrogen-bond acceptors (Lipinski definition) is 3. The summed E-state index contributed by atoms with van der Waals surface area (Å²) in [6.45, 7) is 2.44. The molecule has 0 aromatic heterocycles. The van der Waals surface area contributed by atoms with Crippen molar-refractivity contribution in [1.82, 2.24) is 0 Å². The fourth-order valence-corrected chi connectivity index (χ4v) is 0.854. The fraction of sp³-hybridized carbons (Fsp3) is 0.222. The lowest BCUT2D eigenvalue weighted by Crippen LogP contribution is -2.21. The molecule has 0 unspecified atom stereocenters. The highest BCUT2D eigenvalue weighted by molar-refractivity contribution is 5.85. The first-order chi connectivity index (χ1) is 5.74. The molecule has 0 bridgehead atoms. The van der Waals surface area contributed by atoms with E-state index in [9.17, 15) is 9.90 Å². The minimum atomic E-state index is -1.17. The van der Waals surface area contributed by atoms with E-state index in [1.54, 1.807) is 12.1 Å². The summed E-state index contributed by atoms with van der Waals surface area (Å²) in [7, 11) is 0. The van der Waals surface area contributed by atoms with Crippen LogP contribution in [0.1, 0.15) is 17.3 Å². The molecular weight excluding hydrogens is 156 g/mol. The highest BCUT2D eigenvalue weighted by Gasteiger charge is 1.93. The van der Waals surface area contributed by atoms with Crippen LogP contribution in [0.15, 0.2) is 24.3 Å². The molecule has 0 heterocycles. The molecule has 0 aliphatic carbocycles. The van der Waals surface area contributed by atoms with Crippen LogP contribution in [0.3, 0.4) is 0 Å². The number of hydrogen-bond donors (Lipinski definition) is 0. The van der Waals surface area contributed by atoms with Gasteiger partial charge in [0, 0.05) is 0 Å². The largest absolute Gasteiger partial charge is 0.545 e. The van der Waals surface area contributed by atoms with Gasteiger partial charge in [0.05, 0.1) is 12.6 Å². The van der Waals surface area contributed by atoms with Gasteiger partial charge in [-0.05, 0) is 36.8 Å². The van der Waals surface area contributed by atoms with Gasteiger partial charge in [-0.3, -0.25) is 0 Å². The molecule has 0 radical (unpaired) electrons. The second-order valence-electron chi connectivity index (χ2n) is 2.24. The van der Waals surface area contributed by atoms with Crippen molar-refractivity contribution in [2.45, 2.75) is 6.92 Å². The van der Waals surface area contributed by atoms with Crippen molar-refractivity contribution in [2.75, 3.05) is 6.61 Å².